The summed E-state index contributed by atoms with van der Waals surface area (Å²) >= 11 is 11.9. The molecular weight excluding hydrogens is 297 g/mol. The van der Waals surface area contributed by atoms with Crippen LogP contribution in [-0.4, -0.2) is 19.5 Å². The van der Waals surface area contributed by atoms with Crippen molar-refractivity contribution in [3.63, 3.8) is 0 Å². The Labute approximate surface area is 125 Å². The Morgan fingerprint density at radius 1 is 0.950 bits per heavy atom. The number of hydrogen-bond donors (Lipinski definition) is 1. The molecule has 5 nitrogen and oxygen atoms in total. The maximum Gasteiger partial charge on any atom is 0.238 e. The number of nitrogens with one attached hydrogen (secondary N) is 1. The van der Waals surface area contributed by atoms with Gasteiger partial charge in [-0.3, -0.25) is 4.57 Å². The van der Waals surface area contributed by atoms with Crippen LogP contribution in [0.1, 0.15) is 0 Å². The van der Waals surface area contributed by atoms with Crippen LogP contribution in [0.25, 0.3) is 5.95 Å². The van der Waals surface area contributed by atoms with Gasteiger partial charge in [-0.25, -0.2) is 9.97 Å². The first-order valence-electron chi connectivity index (χ1n) is 5.76. The molecule has 0 aliphatic rings. The Bertz CT molecular complexity index is 707. The monoisotopic (exact) mass is 305 g/mol. The predicted molar refractivity (Wildman–Crippen MR) is 78.9 cm³/mol. The molecule has 0 saturated heterocycles. The summed E-state index contributed by atoms with van der Waals surface area (Å²) in [5.41, 5.74) is 0.715. The average molecular weight is 306 g/mol. The average Bonchev–Trinajstić information content (AvgIpc) is 2.91. The van der Waals surface area contributed by atoms with Crippen LogP contribution in [0.5, 0.6) is 0 Å². The molecule has 20 heavy (non-hydrogen) atoms. The van der Waals surface area contributed by atoms with Crippen molar-refractivity contribution in [2.24, 2.45) is 0 Å². The van der Waals surface area contributed by atoms with Gasteiger partial charge < -0.3 is 5.32 Å². The molecule has 2 aromatic heterocycles. The zero-order chi connectivity index (χ0) is 13.9. The standard InChI is InChI=1S/C13H9Cl2N5/c14-9-5-10(15)7-11(6-9)18-12-16-8-17-13(19-12)20-3-1-2-4-20/h1-8H,(H,16,17,18,19). The van der Waals surface area contributed by atoms with Crippen LogP contribution in [0.4, 0.5) is 11.6 Å². The summed E-state index contributed by atoms with van der Waals surface area (Å²) in [5.74, 6) is 0.947. The highest BCUT2D eigenvalue weighted by Crippen LogP contribution is 2.24. The summed E-state index contributed by atoms with van der Waals surface area (Å²) in [6, 6.07) is 8.94. The molecule has 0 aliphatic carbocycles. The SMILES string of the molecule is Clc1cc(Cl)cc(Nc2ncnc(-n3cccc3)n2)c1. The Morgan fingerprint density at radius 2 is 1.65 bits per heavy atom. The van der Waals surface area contributed by atoms with E-state index in [1.165, 1.54) is 6.33 Å². The number of rotatable bonds is 3. The van der Waals surface area contributed by atoms with E-state index in [-0.39, 0.29) is 0 Å². The van der Waals surface area contributed by atoms with Crippen molar-refractivity contribution in [2.75, 3.05) is 5.32 Å². The summed E-state index contributed by atoms with van der Waals surface area (Å²) in [5, 5.41) is 4.13. The van der Waals surface area contributed by atoms with Gasteiger partial charge in [0, 0.05) is 28.1 Å². The minimum Gasteiger partial charge on any atom is -0.324 e. The molecule has 3 rings (SSSR count). The van der Waals surface area contributed by atoms with Gasteiger partial charge in [0.1, 0.15) is 6.33 Å². The Balaban J connectivity index is 1.89. The lowest BCUT2D eigenvalue weighted by atomic mass is 10.3. The van der Waals surface area contributed by atoms with Gasteiger partial charge in [-0.05, 0) is 30.3 Å². The van der Waals surface area contributed by atoms with E-state index in [4.69, 9.17) is 23.2 Å². The molecule has 3 aromatic rings. The van der Waals surface area contributed by atoms with Crippen LogP contribution in [0.15, 0.2) is 49.1 Å². The minimum atomic E-state index is 0.419. The molecule has 2 heterocycles. The molecule has 7 heteroatoms. The molecule has 0 aliphatic heterocycles. The van der Waals surface area contributed by atoms with Crippen molar-refractivity contribution in [1.29, 1.82) is 0 Å². The maximum atomic E-state index is 5.95. The second kappa shape index (κ2) is 5.48. The Morgan fingerprint density at radius 3 is 2.35 bits per heavy atom. The topological polar surface area (TPSA) is 55.6 Å². The van der Waals surface area contributed by atoms with Gasteiger partial charge >= 0.3 is 0 Å². The highest BCUT2D eigenvalue weighted by molar-refractivity contribution is 6.35. The second-order valence-corrected chi connectivity index (χ2v) is 4.86. The van der Waals surface area contributed by atoms with Crippen LogP contribution >= 0.6 is 23.2 Å². The fourth-order valence-corrected chi connectivity index (χ4v) is 2.22. The fourth-order valence-electron chi connectivity index (χ4n) is 1.70. The van der Waals surface area contributed by atoms with E-state index in [2.05, 4.69) is 20.3 Å². The molecule has 0 radical (unpaired) electrons. The number of benzene rings is 1. The summed E-state index contributed by atoms with van der Waals surface area (Å²) in [4.78, 5) is 12.5. The fraction of sp³-hybridized carbons (Fsp3) is 0. The van der Waals surface area contributed by atoms with Gasteiger partial charge in [-0.2, -0.15) is 4.98 Å². The predicted octanol–water partition coefficient (Wildman–Crippen LogP) is 3.71. The van der Waals surface area contributed by atoms with Crippen molar-refractivity contribution >= 4 is 34.8 Å². The third-order valence-electron chi connectivity index (χ3n) is 2.51. The lowest BCUT2D eigenvalue weighted by Crippen LogP contribution is -2.03. The molecule has 1 N–H and O–H groups in total. The smallest absolute Gasteiger partial charge is 0.238 e. The maximum absolute atomic E-state index is 5.95. The zero-order valence-electron chi connectivity index (χ0n) is 10.2. The molecule has 0 saturated carbocycles. The zero-order valence-corrected chi connectivity index (χ0v) is 11.7. The highest BCUT2D eigenvalue weighted by Gasteiger charge is 2.04. The van der Waals surface area contributed by atoms with Crippen molar-refractivity contribution < 1.29 is 0 Å². The molecule has 0 atom stereocenters. The molecule has 0 unspecified atom stereocenters. The summed E-state index contributed by atoms with van der Waals surface area (Å²) in [6.07, 6.45) is 5.15. The lowest BCUT2D eigenvalue weighted by molar-refractivity contribution is 0.906. The molecule has 0 spiro atoms. The molecule has 1 aromatic carbocycles. The number of halogens is 2. The van der Waals surface area contributed by atoms with Crippen molar-refractivity contribution in [3.8, 4) is 5.95 Å². The summed E-state index contributed by atoms with van der Waals surface area (Å²) < 4.78 is 1.79. The number of nitrogens with zero attached hydrogens (tertiary/aromatic N) is 4. The van der Waals surface area contributed by atoms with Crippen LogP contribution in [0, 0.1) is 0 Å². The highest BCUT2D eigenvalue weighted by atomic mass is 35.5. The van der Waals surface area contributed by atoms with Crippen LogP contribution in [-0.2, 0) is 0 Å². The number of aromatic nitrogens is 4. The quantitative estimate of drug-likeness (QED) is 0.801. The van der Waals surface area contributed by atoms with E-state index in [9.17, 15) is 0 Å². The van der Waals surface area contributed by atoms with Gasteiger partial charge in [0.2, 0.25) is 11.9 Å². The lowest BCUT2D eigenvalue weighted by Gasteiger charge is -2.07. The summed E-state index contributed by atoms with van der Waals surface area (Å²) in [7, 11) is 0. The van der Waals surface area contributed by atoms with Gasteiger partial charge in [0.25, 0.3) is 0 Å². The van der Waals surface area contributed by atoms with Crippen LogP contribution in [0.2, 0.25) is 10.0 Å². The number of anilines is 2. The van der Waals surface area contributed by atoms with Gasteiger partial charge in [0.05, 0.1) is 0 Å². The first-order chi connectivity index (χ1) is 9.70. The van der Waals surface area contributed by atoms with Crippen LogP contribution < -0.4 is 5.32 Å². The first-order valence-corrected chi connectivity index (χ1v) is 6.52. The second-order valence-electron chi connectivity index (χ2n) is 3.98. The molecule has 0 bridgehead atoms. The van der Waals surface area contributed by atoms with Gasteiger partial charge in [-0.1, -0.05) is 23.2 Å². The van der Waals surface area contributed by atoms with E-state index < -0.39 is 0 Å². The molecule has 0 amide bonds. The minimum absolute atomic E-state index is 0.419. The van der Waals surface area contributed by atoms with E-state index >= 15 is 0 Å². The van der Waals surface area contributed by atoms with Crippen molar-refractivity contribution in [3.05, 3.63) is 59.1 Å². The first kappa shape index (κ1) is 12.9. The summed E-state index contributed by atoms with van der Waals surface area (Å²) in [6.45, 7) is 0. The third-order valence-corrected chi connectivity index (χ3v) is 2.95. The molecule has 0 fully saturated rings. The van der Waals surface area contributed by atoms with Gasteiger partial charge in [0.15, 0.2) is 0 Å². The Kier molecular flexibility index (Phi) is 3.54. The third kappa shape index (κ3) is 2.89. The number of hydrogen-bond acceptors (Lipinski definition) is 4. The van der Waals surface area contributed by atoms with E-state index in [1.807, 2.05) is 24.5 Å². The van der Waals surface area contributed by atoms with Crippen LogP contribution in [0.3, 0.4) is 0 Å². The molecule has 100 valence electrons. The Hall–Kier alpha value is -2.11. The normalized spacial score (nSPS) is 10.5. The van der Waals surface area contributed by atoms with E-state index in [0.717, 1.165) is 0 Å². The van der Waals surface area contributed by atoms with Gasteiger partial charge in [-0.15, -0.1) is 0 Å². The largest absolute Gasteiger partial charge is 0.324 e. The van der Waals surface area contributed by atoms with Crippen molar-refractivity contribution in [2.45, 2.75) is 0 Å². The van der Waals surface area contributed by atoms with E-state index in [0.29, 0.717) is 27.6 Å². The van der Waals surface area contributed by atoms with Crippen molar-refractivity contribution in [1.82, 2.24) is 19.5 Å². The van der Waals surface area contributed by atoms with E-state index in [1.54, 1.807) is 22.8 Å². The molecular formula is C13H9Cl2N5.